The van der Waals surface area contributed by atoms with Crippen molar-refractivity contribution < 1.29 is 14.3 Å². The number of carbonyl (C=O) groups is 2. The zero-order chi connectivity index (χ0) is 16.8. The highest BCUT2D eigenvalue weighted by atomic mass is 35.5. The second-order valence-corrected chi connectivity index (χ2v) is 5.46. The predicted molar refractivity (Wildman–Crippen MR) is 91.0 cm³/mol. The Kier molecular flexibility index (Phi) is 5.79. The fraction of sp³-hybridized carbons (Fsp3) is 0.0588. The van der Waals surface area contributed by atoms with Gasteiger partial charge in [-0.1, -0.05) is 35.3 Å². The molecule has 0 saturated carbocycles. The van der Waals surface area contributed by atoms with Gasteiger partial charge in [-0.2, -0.15) is 0 Å². The lowest BCUT2D eigenvalue weighted by molar-refractivity contribution is -0.119. The molecule has 2 rings (SSSR count). The van der Waals surface area contributed by atoms with E-state index in [-0.39, 0.29) is 12.4 Å². The van der Waals surface area contributed by atoms with Gasteiger partial charge in [0, 0.05) is 5.56 Å². The van der Waals surface area contributed by atoms with Gasteiger partial charge < -0.3 is 10.5 Å². The molecule has 1 amide bonds. The molecule has 6 heteroatoms. The molecule has 0 aliphatic rings. The number of rotatable bonds is 6. The second-order valence-electron chi connectivity index (χ2n) is 4.65. The van der Waals surface area contributed by atoms with E-state index in [9.17, 15) is 9.59 Å². The van der Waals surface area contributed by atoms with E-state index >= 15 is 0 Å². The summed E-state index contributed by atoms with van der Waals surface area (Å²) >= 11 is 11.8. The van der Waals surface area contributed by atoms with Crippen LogP contribution in [0.5, 0.6) is 5.75 Å². The first-order chi connectivity index (χ1) is 11.0. The molecule has 0 aliphatic heterocycles. The average Bonchev–Trinajstić information content (AvgIpc) is 2.54. The van der Waals surface area contributed by atoms with Gasteiger partial charge in [0.25, 0.3) is 5.91 Å². The molecule has 2 aromatic rings. The number of amides is 1. The van der Waals surface area contributed by atoms with E-state index in [2.05, 4.69) is 0 Å². The van der Waals surface area contributed by atoms with Crippen LogP contribution in [0.25, 0.3) is 6.08 Å². The van der Waals surface area contributed by atoms with Crippen LogP contribution in [0.2, 0.25) is 10.0 Å². The lowest BCUT2D eigenvalue weighted by atomic mass is 10.1. The molecular weight excluding hydrogens is 337 g/mol. The second kappa shape index (κ2) is 7.81. The number of benzene rings is 2. The van der Waals surface area contributed by atoms with Crippen molar-refractivity contribution in [2.45, 2.75) is 0 Å². The van der Waals surface area contributed by atoms with Crippen molar-refractivity contribution in [3.8, 4) is 5.75 Å². The van der Waals surface area contributed by atoms with Gasteiger partial charge in [0.1, 0.15) is 5.75 Å². The Bertz CT molecular complexity index is 755. The van der Waals surface area contributed by atoms with E-state index in [0.29, 0.717) is 21.4 Å². The summed E-state index contributed by atoms with van der Waals surface area (Å²) in [6, 6.07) is 11.5. The molecule has 0 spiro atoms. The smallest absolute Gasteiger partial charge is 0.255 e. The number of primary amides is 1. The Morgan fingerprint density at radius 3 is 2.35 bits per heavy atom. The quantitative estimate of drug-likeness (QED) is 0.637. The first-order valence-electron chi connectivity index (χ1n) is 6.64. The lowest BCUT2D eigenvalue weighted by Crippen LogP contribution is -2.19. The molecule has 23 heavy (non-hydrogen) atoms. The van der Waals surface area contributed by atoms with Crippen LogP contribution in [0.15, 0.2) is 48.5 Å². The Morgan fingerprint density at radius 1 is 1.04 bits per heavy atom. The highest BCUT2D eigenvalue weighted by molar-refractivity contribution is 6.42. The highest BCUT2D eigenvalue weighted by Gasteiger charge is 2.04. The van der Waals surface area contributed by atoms with E-state index < -0.39 is 5.91 Å². The molecule has 0 aliphatic carbocycles. The minimum atomic E-state index is -0.560. The van der Waals surface area contributed by atoms with Gasteiger partial charge in [0.15, 0.2) is 12.4 Å². The molecule has 2 N–H and O–H groups in total. The molecule has 0 radical (unpaired) electrons. The van der Waals surface area contributed by atoms with Gasteiger partial charge >= 0.3 is 0 Å². The van der Waals surface area contributed by atoms with Crippen molar-refractivity contribution in [2.75, 3.05) is 6.61 Å². The molecule has 0 fully saturated rings. The summed E-state index contributed by atoms with van der Waals surface area (Å²) in [5.41, 5.74) is 6.25. The van der Waals surface area contributed by atoms with E-state index in [1.165, 1.54) is 6.08 Å². The summed E-state index contributed by atoms with van der Waals surface area (Å²) in [7, 11) is 0. The van der Waals surface area contributed by atoms with Gasteiger partial charge in [0.2, 0.25) is 0 Å². The molecular formula is C17H13Cl2NO3. The molecule has 0 aromatic heterocycles. The van der Waals surface area contributed by atoms with Gasteiger partial charge in [-0.15, -0.1) is 0 Å². The van der Waals surface area contributed by atoms with Crippen LogP contribution in [0, 0.1) is 0 Å². The van der Waals surface area contributed by atoms with Crippen molar-refractivity contribution in [1.82, 2.24) is 0 Å². The van der Waals surface area contributed by atoms with Gasteiger partial charge in [-0.25, -0.2) is 0 Å². The predicted octanol–water partition coefficient (Wildman–Crippen LogP) is 3.75. The van der Waals surface area contributed by atoms with Crippen LogP contribution in [-0.4, -0.2) is 18.3 Å². The first kappa shape index (κ1) is 17.1. The van der Waals surface area contributed by atoms with Crippen LogP contribution in [0.1, 0.15) is 15.9 Å². The third kappa shape index (κ3) is 5.13. The average molecular weight is 350 g/mol. The van der Waals surface area contributed by atoms with E-state index in [1.54, 1.807) is 48.5 Å². The third-order valence-corrected chi connectivity index (χ3v) is 3.63. The largest absolute Gasteiger partial charge is 0.484 e. The summed E-state index contributed by atoms with van der Waals surface area (Å²) in [6.07, 6.45) is 3.10. The zero-order valence-corrected chi connectivity index (χ0v) is 13.5. The Labute approximate surface area is 143 Å². The molecule has 0 atom stereocenters. The summed E-state index contributed by atoms with van der Waals surface area (Å²) < 4.78 is 5.12. The Balaban J connectivity index is 2.03. The third-order valence-electron chi connectivity index (χ3n) is 2.89. The van der Waals surface area contributed by atoms with Crippen molar-refractivity contribution in [3.05, 3.63) is 69.7 Å². The van der Waals surface area contributed by atoms with Crippen LogP contribution in [0.3, 0.4) is 0 Å². The van der Waals surface area contributed by atoms with Gasteiger partial charge in [0.05, 0.1) is 10.0 Å². The normalized spacial score (nSPS) is 10.7. The van der Waals surface area contributed by atoms with Crippen LogP contribution >= 0.6 is 23.2 Å². The maximum Gasteiger partial charge on any atom is 0.255 e. The molecule has 0 saturated heterocycles. The van der Waals surface area contributed by atoms with Crippen LogP contribution < -0.4 is 10.5 Å². The van der Waals surface area contributed by atoms with Crippen molar-refractivity contribution in [3.63, 3.8) is 0 Å². The van der Waals surface area contributed by atoms with E-state index in [4.69, 9.17) is 33.7 Å². The molecule has 4 nitrogen and oxygen atoms in total. The van der Waals surface area contributed by atoms with E-state index in [1.807, 2.05) is 0 Å². The fourth-order valence-corrected chi connectivity index (χ4v) is 2.06. The highest BCUT2D eigenvalue weighted by Crippen LogP contribution is 2.23. The number of ether oxygens (including phenoxy) is 1. The summed E-state index contributed by atoms with van der Waals surface area (Å²) in [5, 5.41) is 0.888. The number of hydrogen-bond donors (Lipinski definition) is 1. The number of hydrogen-bond acceptors (Lipinski definition) is 3. The molecule has 0 unspecified atom stereocenters. The molecule has 0 heterocycles. The molecule has 0 bridgehead atoms. The van der Waals surface area contributed by atoms with Crippen molar-refractivity contribution in [1.29, 1.82) is 0 Å². The van der Waals surface area contributed by atoms with Crippen LogP contribution in [-0.2, 0) is 4.79 Å². The Hall–Kier alpha value is -2.30. The topological polar surface area (TPSA) is 69.4 Å². The fourth-order valence-electron chi connectivity index (χ4n) is 1.75. The number of allylic oxidation sites excluding steroid dienone is 1. The van der Waals surface area contributed by atoms with Gasteiger partial charge in [-0.3, -0.25) is 9.59 Å². The molecule has 2 aromatic carbocycles. The summed E-state index contributed by atoms with van der Waals surface area (Å²) in [5.74, 6) is -0.263. The van der Waals surface area contributed by atoms with Gasteiger partial charge in [-0.05, 0) is 48.0 Å². The van der Waals surface area contributed by atoms with Crippen molar-refractivity contribution in [2.24, 2.45) is 5.73 Å². The van der Waals surface area contributed by atoms with Crippen molar-refractivity contribution >= 4 is 41.0 Å². The monoisotopic (exact) mass is 349 g/mol. The van der Waals surface area contributed by atoms with Crippen LogP contribution in [0.4, 0.5) is 0 Å². The number of carbonyl (C=O) groups excluding carboxylic acids is 2. The zero-order valence-electron chi connectivity index (χ0n) is 12.0. The first-order valence-corrected chi connectivity index (χ1v) is 7.40. The SMILES string of the molecule is NC(=O)COc1ccc(C(=O)/C=C/c2ccc(Cl)c(Cl)c2)cc1. The maximum atomic E-state index is 12.1. The number of nitrogens with two attached hydrogens (primary N) is 1. The lowest BCUT2D eigenvalue weighted by Gasteiger charge is -2.03. The summed E-state index contributed by atoms with van der Waals surface area (Å²) in [4.78, 5) is 22.7. The maximum absolute atomic E-state index is 12.1. The van der Waals surface area contributed by atoms with E-state index in [0.717, 1.165) is 5.56 Å². The number of halogens is 2. The standard InChI is InChI=1S/C17H13Cl2NO3/c18-14-7-1-11(9-15(14)19)2-8-16(21)12-3-5-13(6-4-12)23-10-17(20)22/h1-9H,10H2,(H2,20,22)/b8-2+. The summed E-state index contributed by atoms with van der Waals surface area (Å²) in [6.45, 7) is -0.204. The molecule has 118 valence electrons. The minimum Gasteiger partial charge on any atom is -0.484 e. The minimum absolute atomic E-state index is 0.169. The Morgan fingerprint density at radius 2 is 1.74 bits per heavy atom. The number of ketones is 1.